The minimum atomic E-state index is -0.950. The molecule has 0 aliphatic heterocycles. The molecule has 0 spiro atoms. The van der Waals surface area contributed by atoms with Crippen LogP contribution in [0, 0.1) is 6.92 Å². The highest BCUT2D eigenvalue weighted by molar-refractivity contribution is 5.97. The number of ether oxygens (including phenoxy) is 1. The van der Waals surface area contributed by atoms with Crippen LogP contribution in [0.5, 0.6) is 0 Å². The molecular weight excluding hydrogens is 344 g/mol. The van der Waals surface area contributed by atoms with Crippen molar-refractivity contribution in [3.8, 4) is 0 Å². The fraction of sp³-hybridized carbons (Fsp3) is 0.190. The zero-order valence-electron chi connectivity index (χ0n) is 15.5. The molecule has 0 radical (unpaired) electrons. The molecule has 140 valence electrons. The van der Waals surface area contributed by atoms with Gasteiger partial charge in [0.2, 0.25) is 5.91 Å². The van der Waals surface area contributed by atoms with Gasteiger partial charge in [-0.05, 0) is 55.3 Å². The Balaban J connectivity index is 1.88. The standard InChI is InChI=1S/C21H22N2O4/c1-14-6-4-5-7-17(14)8-13-20(25)27-15(2)21(26)23-19-11-9-18(10-12-19)22-16(3)24/h4-13,15H,1-3H3,(H,22,24)(H,23,26)/b13-8+/t15-/m0/s1. The van der Waals surface area contributed by atoms with E-state index < -0.39 is 18.0 Å². The van der Waals surface area contributed by atoms with Crippen LogP contribution >= 0.6 is 0 Å². The fourth-order valence-electron chi connectivity index (χ4n) is 2.28. The highest BCUT2D eigenvalue weighted by Crippen LogP contribution is 2.14. The fourth-order valence-corrected chi connectivity index (χ4v) is 2.28. The summed E-state index contributed by atoms with van der Waals surface area (Å²) in [7, 11) is 0. The molecule has 2 N–H and O–H groups in total. The molecule has 0 unspecified atom stereocenters. The Labute approximate surface area is 158 Å². The molecule has 2 rings (SSSR count). The first-order valence-corrected chi connectivity index (χ1v) is 8.48. The summed E-state index contributed by atoms with van der Waals surface area (Å²) in [5, 5.41) is 5.29. The smallest absolute Gasteiger partial charge is 0.331 e. The van der Waals surface area contributed by atoms with Gasteiger partial charge < -0.3 is 15.4 Å². The van der Waals surface area contributed by atoms with E-state index in [0.29, 0.717) is 11.4 Å². The molecule has 6 heteroatoms. The third kappa shape index (κ3) is 6.43. The normalized spacial score (nSPS) is 11.7. The van der Waals surface area contributed by atoms with Crippen LogP contribution in [0.1, 0.15) is 25.0 Å². The van der Waals surface area contributed by atoms with Crippen LogP contribution in [0.25, 0.3) is 6.08 Å². The molecule has 0 saturated carbocycles. The van der Waals surface area contributed by atoms with E-state index in [1.165, 1.54) is 19.9 Å². The van der Waals surface area contributed by atoms with Crippen molar-refractivity contribution in [1.82, 2.24) is 0 Å². The molecule has 6 nitrogen and oxygen atoms in total. The average molecular weight is 366 g/mol. The number of rotatable bonds is 6. The van der Waals surface area contributed by atoms with E-state index in [0.717, 1.165) is 11.1 Å². The second kappa shape index (κ2) is 9.33. The first kappa shape index (κ1) is 19.9. The molecule has 0 aromatic heterocycles. The number of hydrogen-bond acceptors (Lipinski definition) is 4. The van der Waals surface area contributed by atoms with E-state index in [1.54, 1.807) is 30.3 Å². The van der Waals surface area contributed by atoms with Crippen LogP contribution in [-0.4, -0.2) is 23.9 Å². The van der Waals surface area contributed by atoms with Gasteiger partial charge in [0.1, 0.15) is 0 Å². The second-order valence-electron chi connectivity index (χ2n) is 6.02. The van der Waals surface area contributed by atoms with Gasteiger partial charge in [0.25, 0.3) is 5.91 Å². The molecular formula is C21H22N2O4. The molecule has 27 heavy (non-hydrogen) atoms. The highest BCUT2D eigenvalue weighted by atomic mass is 16.5. The van der Waals surface area contributed by atoms with Gasteiger partial charge >= 0.3 is 5.97 Å². The Morgan fingerprint density at radius 1 is 0.963 bits per heavy atom. The number of benzene rings is 2. The maximum atomic E-state index is 12.2. The van der Waals surface area contributed by atoms with Crippen molar-refractivity contribution in [3.63, 3.8) is 0 Å². The molecule has 2 aromatic carbocycles. The number of esters is 1. The van der Waals surface area contributed by atoms with E-state index in [-0.39, 0.29) is 5.91 Å². The summed E-state index contributed by atoms with van der Waals surface area (Å²) in [6.45, 7) is 4.86. The number of hydrogen-bond donors (Lipinski definition) is 2. The minimum Gasteiger partial charge on any atom is -0.449 e. The monoisotopic (exact) mass is 366 g/mol. The van der Waals surface area contributed by atoms with Crippen LogP contribution in [0.2, 0.25) is 0 Å². The molecule has 0 heterocycles. The van der Waals surface area contributed by atoms with Crippen molar-refractivity contribution in [2.45, 2.75) is 26.9 Å². The Bertz CT molecular complexity index is 857. The van der Waals surface area contributed by atoms with Crippen LogP contribution < -0.4 is 10.6 Å². The molecule has 0 saturated heterocycles. The van der Waals surface area contributed by atoms with Gasteiger partial charge in [-0.2, -0.15) is 0 Å². The lowest BCUT2D eigenvalue weighted by Gasteiger charge is -2.13. The van der Waals surface area contributed by atoms with E-state index in [2.05, 4.69) is 10.6 Å². The number of carbonyl (C=O) groups excluding carboxylic acids is 3. The number of nitrogens with one attached hydrogen (secondary N) is 2. The Kier molecular flexibility index (Phi) is 6.88. The summed E-state index contributed by atoms with van der Waals surface area (Å²) in [5.41, 5.74) is 3.11. The molecule has 2 aromatic rings. The molecule has 0 bridgehead atoms. The van der Waals surface area contributed by atoms with Crippen LogP contribution in [0.3, 0.4) is 0 Å². The number of anilines is 2. The molecule has 0 aliphatic rings. The van der Waals surface area contributed by atoms with E-state index in [4.69, 9.17) is 4.74 Å². The predicted octanol–water partition coefficient (Wildman–Crippen LogP) is 3.54. The summed E-state index contributed by atoms with van der Waals surface area (Å²) >= 11 is 0. The minimum absolute atomic E-state index is 0.175. The van der Waals surface area contributed by atoms with E-state index >= 15 is 0 Å². The van der Waals surface area contributed by atoms with E-state index in [1.807, 2.05) is 31.2 Å². The number of aryl methyl sites for hydroxylation is 1. The van der Waals surface area contributed by atoms with Gasteiger partial charge in [0, 0.05) is 24.4 Å². The molecule has 1 atom stereocenters. The lowest BCUT2D eigenvalue weighted by molar-refractivity contribution is -0.148. The van der Waals surface area contributed by atoms with Crippen molar-refractivity contribution in [1.29, 1.82) is 0 Å². The van der Waals surface area contributed by atoms with Crippen molar-refractivity contribution < 1.29 is 19.1 Å². The van der Waals surface area contributed by atoms with Gasteiger partial charge in [-0.15, -0.1) is 0 Å². The van der Waals surface area contributed by atoms with Gasteiger partial charge in [-0.1, -0.05) is 24.3 Å². The maximum absolute atomic E-state index is 12.2. The first-order chi connectivity index (χ1) is 12.8. The lowest BCUT2D eigenvalue weighted by Crippen LogP contribution is -2.29. The summed E-state index contributed by atoms with van der Waals surface area (Å²) < 4.78 is 5.13. The third-order valence-electron chi connectivity index (χ3n) is 3.72. The van der Waals surface area contributed by atoms with Gasteiger partial charge in [0.05, 0.1) is 0 Å². The van der Waals surface area contributed by atoms with Crippen molar-refractivity contribution >= 4 is 35.2 Å². The first-order valence-electron chi connectivity index (χ1n) is 8.48. The van der Waals surface area contributed by atoms with Gasteiger partial charge in [0.15, 0.2) is 6.10 Å². The number of carbonyl (C=O) groups is 3. The van der Waals surface area contributed by atoms with Gasteiger partial charge in [-0.25, -0.2) is 4.79 Å². The Hall–Kier alpha value is -3.41. The lowest BCUT2D eigenvalue weighted by atomic mass is 10.1. The summed E-state index contributed by atoms with van der Waals surface area (Å²) in [6, 6.07) is 14.3. The van der Waals surface area contributed by atoms with Crippen molar-refractivity contribution in [3.05, 3.63) is 65.7 Å². The SMILES string of the molecule is CC(=O)Nc1ccc(NC(=O)[C@H](C)OC(=O)/C=C/c2ccccc2C)cc1. The largest absolute Gasteiger partial charge is 0.449 e. The maximum Gasteiger partial charge on any atom is 0.331 e. The summed E-state index contributed by atoms with van der Waals surface area (Å²) in [4.78, 5) is 35.1. The van der Waals surface area contributed by atoms with Gasteiger partial charge in [-0.3, -0.25) is 9.59 Å². The molecule has 0 aliphatic carbocycles. The van der Waals surface area contributed by atoms with Crippen molar-refractivity contribution in [2.75, 3.05) is 10.6 Å². The average Bonchev–Trinajstić information content (AvgIpc) is 2.62. The second-order valence-corrected chi connectivity index (χ2v) is 6.02. The summed E-state index contributed by atoms with van der Waals surface area (Å²) in [6.07, 6.45) is 2.01. The van der Waals surface area contributed by atoms with Crippen LogP contribution in [-0.2, 0) is 19.1 Å². The Morgan fingerprint density at radius 2 is 1.56 bits per heavy atom. The Morgan fingerprint density at radius 3 is 2.15 bits per heavy atom. The highest BCUT2D eigenvalue weighted by Gasteiger charge is 2.16. The quantitative estimate of drug-likeness (QED) is 0.605. The molecule has 0 fully saturated rings. The van der Waals surface area contributed by atoms with Crippen LogP contribution in [0.4, 0.5) is 11.4 Å². The zero-order valence-corrected chi connectivity index (χ0v) is 15.5. The summed E-state index contributed by atoms with van der Waals surface area (Å²) in [5.74, 6) is -1.21. The van der Waals surface area contributed by atoms with Crippen molar-refractivity contribution in [2.24, 2.45) is 0 Å². The van der Waals surface area contributed by atoms with Crippen LogP contribution in [0.15, 0.2) is 54.6 Å². The topological polar surface area (TPSA) is 84.5 Å². The third-order valence-corrected chi connectivity index (χ3v) is 3.72. The van der Waals surface area contributed by atoms with E-state index in [9.17, 15) is 14.4 Å². The molecule has 2 amide bonds. The predicted molar refractivity (Wildman–Crippen MR) is 105 cm³/mol. The number of amides is 2. The zero-order chi connectivity index (χ0) is 19.8.